The lowest BCUT2D eigenvalue weighted by molar-refractivity contribution is -0.119. The average Bonchev–Trinajstić information content (AvgIpc) is 3.39. The number of hydrogen-bond acceptors (Lipinski definition) is 6. The third-order valence-electron chi connectivity index (χ3n) is 3.70. The van der Waals surface area contributed by atoms with Crippen molar-refractivity contribution in [2.24, 2.45) is 0 Å². The highest BCUT2D eigenvalue weighted by Gasteiger charge is 2.14. The van der Waals surface area contributed by atoms with Crippen LogP contribution < -0.4 is 20.9 Å². The summed E-state index contributed by atoms with van der Waals surface area (Å²) in [6.07, 6.45) is 0. The van der Waals surface area contributed by atoms with Crippen LogP contribution in [0, 0.1) is 0 Å². The van der Waals surface area contributed by atoms with E-state index >= 15 is 0 Å². The van der Waals surface area contributed by atoms with Crippen LogP contribution in [0.15, 0.2) is 59.0 Å². The summed E-state index contributed by atoms with van der Waals surface area (Å²) in [6.45, 7) is 1.94. The molecule has 0 bridgehead atoms. The molecule has 2 heterocycles. The van der Waals surface area contributed by atoms with Crippen LogP contribution in [0.3, 0.4) is 0 Å². The van der Waals surface area contributed by atoms with Gasteiger partial charge in [-0.1, -0.05) is 18.2 Å². The molecular formula is C20H19N3O5S. The van der Waals surface area contributed by atoms with E-state index in [4.69, 9.17) is 9.15 Å². The van der Waals surface area contributed by atoms with E-state index in [0.717, 1.165) is 4.88 Å². The largest absolute Gasteiger partial charge is 0.486 e. The molecule has 3 amide bonds. The second kappa shape index (κ2) is 9.56. The topological polar surface area (TPSA) is 110 Å². The Morgan fingerprint density at radius 3 is 2.48 bits per heavy atom. The Kier molecular flexibility index (Phi) is 6.64. The van der Waals surface area contributed by atoms with Gasteiger partial charge in [-0.25, -0.2) is 0 Å². The second-order valence-electron chi connectivity index (χ2n) is 5.95. The van der Waals surface area contributed by atoms with Crippen LogP contribution in [0.5, 0.6) is 5.75 Å². The molecule has 0 saturated carbocycles. The number of carbonyl (C=O) groups is 3. The zero-order chi connectivity index (χ0) is 20.6. The van der Waals surface area contributed by atoms with E-state index in [9.17, 15) is 14.4 Å². The molecule has 0 radical (unpaired) electrons. The molecule has 9 heteroatoms. The molecule has 0 aliphatic rings. The number of para-hydroxylation sites is 1. The van der Waals surface area contributed by atoms with Crippen molar-refractivity contribution in [3.05, 3.63) is 75.9 Å². The molecule has 1 aromatic carbocycles. The fraction of sp³-hybridized carbons (Fsp3) is 0.150. The maximum Gasteiger partial charge on any atom is 0.305 e. The molecule has 29 heavy (non-hydrogen) atoms. The van der Waals surface area contributed by atoms with Gasteiger partial charge in [0.05, 0.1) is 11.4 Å². The lowest BCUT2D eigenvalue weighted by Gasteiger charge is -2.05. The minimum Gasteiger partial charge on any atom is -0.486 e. The molecule has 8 nitrogen and oxygen atoms in total. The molecule has 0 spiro atoms. The van der Waals surface area contributed by atoms with Crippen molar-refractivity contribution >= 4 is 29.1 Å². The first-order valence-corrected chi connectivity index (χ1v) is 9.53. The quantitative estimate of drug-likeness (QED) is 0.516. The molecule has 3 aromatic rings. The summed E-state index contributed by atoms with van der Waals surface area (Å²) in [5.74, 6) is 0.0243. The van der Waals surface area contributed by atoms with Crippen LogP contribution in [-0.2, 0) is 17.9 Å². The maximum absolute atomic E-state index is 12.1. The van der Waals surface area contributed by atoms with E-state index in [1.54, 1.807) is 18.2 Å². The van der Waals surface area contributed by atoms with Crippen LogP contribution in [-0.4, -0.2) is 17.7 Å². The van der Waals surface area contributed by atoms with Crippen molar-refractivity contribution in [1.29, 1.82) is 0 Å². The third-order valence-corrected chi connectivity index (χ3v) is 4.78. The molecule has 150 valence electrons. The monoisotopic (exact) mass is 413 g/mol. The van der Waals surface area contributed by atoms with Gasteiger partial charge in [-0.15, -0.1) is 11.3 Å². The van der Waals surface area contributed by atoms with Crippen molar-refractivity contribution in [3.63, 3.8) is 0 Å². The number of hydrogen-bond donors (Lipinski definition) is 3. The standard InChI is InChI=1S/C20H19N3O5S/c1-13(24)21-11-16-8-10-18(29-16)20(26)23-22-19(25)17-9-7-15(28-17)12-27-14-5-3-2-4-6-14/h2-10H,11-12H2,1H3,(H,21,24)(H,22,25)(H,23,26). The molecule has 0 unspecified atom stereocenters. The molecule has 0 saturated heterocycles. The van der Waals surface area contributed by atoms with Crippen molar-refractivity contribution in [3.8, 4) is 5.75 Å². The number of ether oxygens (including phenoxy) is 1. The molecular weight excluding hydrogens is 394 g/mol. The number of rotatable bonds is 7. The number of furan rings is 1. The van der Waals surface area contributed by atoms with Crippen LogP contribution in [0.2, 0.25) is 0 Å². The SMILES string of the molecule is CC(=O)NCc1ccc(C(=O)NNC(=O)c2ccc(COc3ccccc3)o2)s1. The first-order chi connectivity index (χ1) is 14.0. The molecule has 0 aliphatic carbocycles. The number of hydrazine groups is 1. The molecule has 3 N–H and O–H groups in total. The summed E-state index contributed by atoms with van der Waals surface area (Å²) in [7, 11) is 0. The van der Waals surface area contributed by atoms with Gasteiger partial charge in [0.1, 0.15) is 18.1 Å². The van der Waals surface area contributed by atoms with Crippen molar-refractivity contribution < 1.29 is 23.5 Å². The van der Waals surface area contributed by atoms with Crippen LogP contribution in [0.1, 0.15) is 37.8 Å². The second-order valence-corrected chi connectivity index (χ2v) is 7.12. The Morgan fingerprint density at radius 1 is 0.966 bits per heavy atom. The van der Waals surface area contributed by atoms with Crippen molar-refractivity contribution in [2.45, 2.75) is 20.1 Å². The van der Waals surface area contributed by atoms with Gasteiger partial charge >= 0.3 is 5.91 Å². The van der Waals surface area contributed by atoms with Gasteiger partial charge in [0.25, 0.3) is 5.91 Å². The van der Waals surface area contributed by atoms with Crippen molar-refractivity contribution in [1.82, 2.24) is 16.2 Å². The third kappa shape index (κ3) is 5.94. The van der Waals surface area contributed by atoms with Gasteiger partial charge in [0.2, 0.25) is 5.91 Å². The van der Waals surface area contributed by atoms with Gasteiger partial charge in [0.15, 0.2) is 5.76 Å². The Balaban J connectivity index is 1.47. The zero-order valence-corrected chi connectivity index (χ0v) is 16.4. The molecule has 3 rings (SSSR count). The average molecular weight is 413 g/mol. The predicted molar refractivity (Wildman–Crippen MR) is 106 cm³/mol. The first kappa shape index (κ1) is 20.2. The van der Waals surface area contributed by atoms with Gasteiger partial charge in [-0.05, 0) is 36.4 Å². The van der Waals surface area contributed by atoms with Crippen LogP contribution in [0.4, 0.5) is 0 Å². The van der Waals surface area contributed by atoms with Gasteiger partial charge in [-0.3, -0.25) is 25.2 Å². The van der Waals surface area contributed by atoms with Gasteiger partial charge in [-0.2, -0.15) is 0 Å². The minimum absolute atomic E-state index is 0.0505. The number of nitrogens with one attached hydrogen (secondary N) is 3. The smallest absolute Gasteiger partial charge is 0.305 e. The highest BCUT2D eigenvalue weighted by molar-refractivity contribution is 7.14. The molecule has 2 aromatic heterocycles. The van der Waals surface area contributed by atoms with E-state index in [1.807, 2.05) is 30.3 Å². The molecule has 0 aliphatic heterocycles. The predicted octanol–water partition coefficient (Wildman–Crippen LogP) is 2.63. The Morgan fingerprint density at radius 2 is 1.72 bits per heavy atom. The van der Waals surface area contributed by atoms with Gasteiger partial charge < -0.3 is 14.5 Å². The molecule has 0 atom stereocenters. The first-order valence-electron chi connectivity index (χ1n) is 8.71. The fourth-order valence-corrected chi connectivity index (χ4v) is 3.13. The highest BCUT2D eigenvalue weighted by Crippen LogP contribution is 2.16. The lowest BCUT2D eigenvalue weighted by Crippen LogP contribution is -2.41. The van der Waals surface area contributed by atoms with E-state index in [0.29, 0.717) is 22.9 Å². The lowest BCUT2D eigenvalue weighted by atomic mass is 10.3. The highest BCUT2D eigenvalue weighted by atomic mass is 32.1. The van der Waals surface area contributed by atoms with E-state index in [1.165, 1.54) is 24.3 Å². The number of carbonyl (C=O) groups excluding carboxylic acids is 3. The Labute approximate surface area is 170 Å². The maximum atomic E-state index is 12.1. The Hall–Kier alpha value is -3.59. The van der Waals surface area contributed by atoms with E-state index < -0.39 is 11.8 Å². The number of thiophene rings is 1. The summed E-state index contributed by atoms with van der Waals surface area (Å²) < 4.78 is 11.0. The normalized spacial score (nSPS) is 10.2. The Bertz CT molecular complexity index is 996. The fourth-order valence-electron chi connectivity index (χ4n) is 2.29. The summed E-state index contributed by atoms with van der Waals surface area (Å²) in [5.41, 5.74) is 4.64. The summed E-state index contributed by atoms with van der Waals surface area (Å²) >= 11 is 1.22. The number of amides is 3. The summed E-state index contributed by atoms with van der Waals surface area (Å²) in [6, 6.07) is 15.7. The number of benzene rings is 1. The zero-order valence-electron chi connectivity index (χ0n) is 15.6. The van der Waals surface area contributed by atoms with E-state index in [-0.39, 0.29) is 18.3 Å². The summed E-state index contributed by atoms with van der Waals surface area (Å²) in [4.78, 5) is 36.5. The van der Waals surface area contributed by atoms with Gasteiger partial charge in [0, 0.05) is 11.8 Å². The summed E-state index contributed by atoms with van der Waals surface area (Å²) in [5, 5.41) is 2.66. The molecule has 0 fully saturated rings. The van der Waals surface area contributed by atoms with Crippen LogP contribution in [0.25, 0.3) is 0 Å². The van der Waals surface area contributed by atoms with Crippen molar-refractivity contribution in [2.75, 3.05) is 0 Å². The van der Waals surface area contributed by atoms with E-state index in [2.05, 4.69) is 16.2 Å². The minimum atomic E-state index is -0.584. The van der Waals surface area contributed by atoms with Crippen LogP contribution >= 0.6 is 11.3 Å².